The third-order valence-corrected chi connectivity index (χ3v) is 4.95. The number of hydrogen-bond donors (Lipinski definition) is 1. The van der Waals surface area contributed by atoms with Gasteiger partial charge in [-0.1, -0.05) is 46.5 Å². The number of nitrogens with zero attached hydrogens (tertiary/aromatic N) is 1. The minimum absolute atomic E-state index is 0.128. The van der Waals surface area contributed by atoms with Gasteiger partial charge in [-0.3, -0.25) is 4.79 Å². The number of amides is 1. The van der Waals surface area contributed by atoms with Gasteiger partial charge < -0.3 is 10.2 Å². The number of nitrogens with one attached hydrogen (secondary N) is 1. The first kappa shape index (κ1) is 18.5. The number of carbonyl (C=O) groups excluding carboxylic acids is 1. The Morgan fingerprint density at radius 3 is 2.10 bits per heavy atom. The molecule has 1 aliphatic heterocycles. The maximum atomic E-state index is 13.1. The highest BCUT2D eigenvalue weighted by Gasteiger charge is 2.40. The number of hydrogen-bond acceptors (Lipinski definition) is 2. The molecule has 0 aliphatic carbocycles. The smallest absolute Gasteiger partial charge is 0.230 e. The Morgan fingerprint density at radius 2 is 1.67 bits per heavy atom. The normalized spacial score (nSPS) is 22.2. The van der Waals surface area contributed by atoms with Crippen molar-refractivity contribution < 1.29 is 4.79 Å². The Morgan fingerprint density at radius 1 is 1.05 bits per heavy atom. The zero-order chi connectivity index (χ0) is 15.6. The van der Waals surface area contributed by atoms with Gasteiger partial charge in [0, 0.05) is 19.6 Å². The summed E-state index contributed by atoms with van der Waals surface area (Å²) >= 11 is 0. The van der Waals surface area contributed by atoms with Crippen molar-refractivity contribution in [2.45, 2.75) is 78.6 Å². The Hall–Kier alpha value is -0.570. The highest BCUT2D eigenvalue weighted by molar-refractivity contribution is 5.83. The third-order valence-electron chi connectivity index (χ3n) is 4.95. The van der Waals surface area contributed by atoms with Crippen molar-refractivity contribution in [1.82, 2.24) is 10.2 Å². The predicted molar refractivity (Wildman–Crippen MR) is 90.5 cm³/mol. The van der Waals surface area contributed by atoms with Crippen molar-refractivity contribution >= 4 is 5.91 Å². The summed E-state index contributed by atoms with van der Waals surface area (Å²) in [6.45, 7) is 10.5. The third kappa shape index (κ3) is 5.61. The maximum absolute atomic E-state index is 13.1. The standard InChI is InChI=1S/C18H36N2O/c1-4-7-9-14-20(15-10-8-5-2)17(21)18(6-3)12-11-13-19-16-18/h19H,4-16H2,1-3H3. The van der Waals surface area contributed by atoms with Crippen LogP contribution in [0.1, 0.15) is 78.6 Å². The van der Waals surface area contributed by atoms with E-state index in [4.69, 9.17) is 0 Å². The van der Waals surface area contributed by atoms with Crippen LogP contribution in [0, 0.1) is 5.41 Å². The average molecular weight is 296 g/mol. The highest BCUT2D eigenvalue weighted by Crippen LogP contribution is 2.32. The van der Waals surface area contributed by atoms with Gasteiger partial charge in [0.25, 0.3) is 0 Å². The minimum Gasteiger partial charge on any atom is -0.342 e. The molecule has 0 spiro atoms. The van der Waals surface area contributed by atoms with E-state index in [1.807, 2.05) is 0 Å². The molecule has 1 amide bonds. The lowest BCUT2D eigenvalue weighted by Gasteiger charge is -2.39. The molecule has 1 atom stereocenters. The van der Waals surface area contributed by atoms with E-state index in [-0.39, 0.29) is 5.41 Å². The second kappa shape index (κ2) is 10.2. The molecule has 1 aliphatic rings. The van der Waals surface area contributed by atoms with Crippen molar-refractivity contribution in [2.24, 2.45) is 5.41 Å². The van der Waals surface area contributed by atoms with Crippen LogP contribution >= 0.6 is 0 Å². The van der Waals surface area contributed by atoms with Gasteiger partial charge >= 0.3 is 0 Å². The fourth-order valence-corrected chi connectivity index (χ4v) is 3.36. The molecule has 0 aromatic carbocycles. The number of piperidine rings is 1. The van der Waals surface area contributed by atoms with E-state index in [9.17, 15) is 4.79 Å². The zero-order valence-corrected chi connectivity index (χ0v) is 14.5. The molecule has 1 heterocycles. The second-order valence-electron chi connectivity index (χ2n) is 6.62. The Kier molecular flexibility index (Phi) is 8.98. The summed E-state index contributed by atoms with van der Waals surface area (Å²) in [4.78, 5) is 15.3. The van der Waals surface area contributed by atoms with E-state index in [1.54, 1.807) is 0 Å². The molecule has 1 N–H and O–H groups in total. The van der Waals surface area contributed by atoms with Crippen LogP contribution in [0.2, 0.25) is 0 Å². The molecule has 0 aromatic heterocycles. The first-order valence-electron chi connectivity index (χ1n) is 9.20. The lowest BCUT2D eigenvalue weighted by molar-refractivity contribution is -0.143. The van der Waals surface area contributed by atoms with Gasteiger partial charge in [-0.05, 0) is 38.6 Å². The highest BCUT2D eigenvalue weighted by atomic mass is 16.2. The van der Waals surface area contributed by atoms with Crippen LogP contribution in [-0.2, 0) is 4.79 Å². The molecule has 0 bridgehead atoms. The predicted octanol–water partition coefficient (Wildman–Crippen LogP) is 3.98. The summed E-state index contributed by atoms with van der Waals surface area (Å²) in [5, 5.41) is 3.45. The molecular formula is C18H36N2O. The lowest BCUT2D eigenvalue weighted by Crippen LogP contribution is -2.52. The SMILES string of the molecule is CCCCCN(CCCCC)C(=O)C1(CC)CCCNC1. The zero-order valence-electron chi connectivity index (χ0n) is 14.5. The first-order chi connectivity index (χ1) is 10.2. The summed E-state index contributed by atoms with van der Waals surface area (Å²) < 4.78 is 0. The molecule has 1 fully saturated rings. The summed E-state index contributed by atoms with van der Waals surface area (Å²) in [6, 6.07) is 0. The summed E-state index contributed by atoms with van der Waals surface area (Å²) in [7, 11) is 0. The van der Waals surface area contributed by atoms with Crippen LogP contribution in [0.25, 0.3) is 0 Å². The molecule has 0 saturated carbocycles. The number of rotatable bonds is 10. The summed E-state index contributed by atoms with van der Waals surface area (Å²) in [5.41, 5.74) is -0.128. The second-order valence-corrected chi connectivity index (χ2v) is 6.62. The van der Waals surface area contributed by atoms with Gasteiger partial charge in [0.15, 0.2) is 0 Å². The van der Waals surface area contributed by atoms with Crippen LogP contribution in [0.15, 0.2) is 0 Å². The summed E-state index contributed by atoms with van der Waals surface area (Å²) in [6.07, 6.45) is 10.4. The van der Waals surface area contributed by atoms with Crippen LogP contribution in [0.5, 0.6) is 0 Å². The van der Waals surface area contributed by atoms with E-state index in [1.165, 1.54) is 25.7 Å². The van der Waals surface area contributed by atoms with Gasteiger partial charge in [-0.2, -0.15) is 0 Å². The number of unbranched alkanes of at least 4 members (excludes halogenated alkanes) is 4. The van der Waals surface area contributed by atoms with E-state index >= 15 is 0 Å². The molecule has 1 rings (SSSR count). The molecule has 3 nitrogen and oxygen atoms in total. The van der Waals surface area contributed by atoms with Crippen molar-refractivity contribution in [1.29, 1.82) is 0 Å². The van der Waals surface area contributed by atoms with E-state index in [0.29, 0.717) is 5.91 Å². The topological polar surface area (TPSA) is 32.3 Å². The molecule has 0 aromatic rings. The Balaban J connectivity index is 2.65. The van der Waals surface area contributed by atoms with E-state index < -0.39 is 0 Å². The van der Waals surface area contributed by atoms with Crippen molar-refractivity contribution in [3.63, 3.8) is 0 Å². The fourth-order valence-electron chi connectivity index (χ4n) is 3.36. The van der Waals surface area contributed by atoms with Crippen LogP contribution in [0.4, 0.5) is 0 Å². The van der Waals surface area contributed by atoms with Crippen LogP contribution in [-0.4, -0.2) is 37.0 Å². The summed E-state index contributed by atoms with van der Waals surface area (Å²) in [5.74, 6) is 0.421. The van der Waals surface area contributed by atoms with Crippen LogP contribution in [0.3, 0.4) is 0 Å². The van der Waals surface area contributed by atoms with Gasteiger partial charge in [0.2, 0.25) is 5.91 Å². The maximum Gasteiger partial charge on any atom is 0.230 e. The first-order valence-corrected chi connectivity index (χ1v) is 9.20. The van der Waals surface area contributed by atoms with Crippen molar-refractivity contribution in [3.8, 4) is 0 Å². The quantitative estimate of drug-likeness (QED) is 0.619. The average Bonchev–Trinajstić information content (AvgIpc) is 2.53. The molecular weight excluding hydrogens is 260 g/mol. The van der Waals surface area contributed by atoms with E-state index in [2.05, 4.69) is 31.0 Å². The van der Waals surface area contributed by atoms with E-state index in [0.717, 1.165) is 58.3 Å². The van der Waals surface area contributed by atoms with Gasteiger partial charge in [-0.25, -0.2) is 0 Å². The Labute approximate surface area is 131 Å². The van der Waals surface area contributed by atoms with Crippen molar-refractivity contribution in [3.05, 3.63) is 0 Å². The lowest BCUT2D eigenvalue weighted by atomic mass is 9.77. The van der Waals surface area contributed by atoms with Gasteiger partial charge in [0.1, 0.15) is 0 Å². The van der Waals surface area contributed by atoms with Gasteiger partial charge in [0.05, 0.1) is 5.41 Å². The molecule has 1 saturated heterocycles. The minimum atomic E-state index is -0.128. The molecule has 124 valence electrons. The van der Waals surface area contributed by atoms with Crippen LogP contribution < -0.4 is 5.32 Å². The van der Waals surface area contributed by atoms with Gasteiger partial charge in [-0.15, -0.1) is 0 Å². The fraction of sp³-hybridized carbons (Fsp3) is 0.944. The monoisotopic (exact) mass is 296 g/mol. The molecule has 21 heavy (non-hydrogen) atoms. The Bertz CT molecular complexity index is 275. The van der Waals surface area contributed by atoms with Crippen molar-refractivity contribution in [2.75, 3.05) is 26.2 Å². The number of carbonyl (C=O) groups is 1. The molecule has 1 unspecified atom stereocenters. The molecule has 0 radical (unpaired) electrons. The molecule has 3 heteroatoms. The largest absolute Gasteiger partial charge is 0.342 e.